The average molecular weight is 420 g/mol. The van der Waals surface area contributed by atoms with Crippen LogP contribution >= 0.6 is 23.2 Å². The zero-order chi connectivity index (χ0) is 19.5. The van der Waals surface area contributed by atoms with Crippen LogP contribution in [-0.4, -0.2) is 31.5 Å². The Kier molecular flexibility index (Phi) is 6.09. The van der Waals surface area contributed by atoms with Gasteiger partial charge in [-0.15, -0.1) is 0 Å². The standard InChI is InChI=1S/C21H23Cl2N3O2/c1-27-7-6-26-20(15-3-4-16-12-28-13-17(16)9-15)11-25-21(26)24-10-14-2-5-18(22)19(23)8-14/h2-5,8-9,11,21,24-25H,6-7,10,12-13H2,1H3/t21-/m1/s1. The van der Waals surface area contributed by atoms with Crippen molar-refractivity contribution in [3.8, 4) is 0 Å². The van der Waals surface area contributed by atoms with Crippen molar-refractivity contribution in [2.75, 3.05) is 20.3 Å². The lowest BCUT2D eigenvalue weighted by molar-refractivity contribution is 0.134. The molecule has 2 heterocycles. The SMILES string of the molecule is COCCN1C(c2ccc3c(c2)COC3)=CN[C@H]1NCc1ccc(Cl)c(Cl)c1. The zero-order valence-electron chi connectivity index (χ0n) is 15.7. The molecule has 1 atom stereocenters. The summed E-state index contributed by atoms with van der Waals surface area (Å²) in [7, 11) is 1.72. The van der Waals surface area contributed by atoms with Crippen LogP contribution in [0.15, 0.2) is 42.6 Å². The Morgan fingerprint density at radius 2 is 2.00 bits per heavy atom. The van der Waals surface area contributed by atoms with E-state index in [1.165, 1.54) is 16.7 Å². The molecule has 2 aromatic carbocycles. The lowest BCUT2D eigenvalue weighted by Gasteiger charge is -2.30. The molecule has 148 valence electrons. The molecule has 0 aromatic heterocycles. The fourth-order valence-corrected chi connectivity index (χ4v) is 3.84. The molecule has 0 amide bonds. The zero-order valence-corrected chi connectivity index (χ0v) is 17.2. The average Bonchev–Trinajstić information content (AvgIpc) is 3.33. The first-order valence-corrected chi connectivity index (χ1v) is 10.0. The second-order valence-corrected chi connectivity index (χ2v) is 7.71. The topological polar surface area (TPSA) is 45.8 Å². The summed E-state index contributed by atoms with van der Waals surface area (Å²) in [5.74, 6) is 0. The van der Waals surface area contributed by atoms with Crippen LogP contribution < -0.4 is 10.6 Å². The van der Waals surface area contributed by atoms with Gasteiger partial charge < -0.3 is 19.7 Å². The number of ether oxygens (including phenoxy) is 2. The van der Waals surface area contributed by atoms with Crippen molar-refractivity contribution in [1.29, 1.82) is 0 Å². The second kappa shape index (κ2) is 8.72. The molecule has 7 heteroatoms. The van der Waals surface area contributed by atoms with Gasteiger partial charge in [0.15, 0.2) is 6.29 Å². The summed E-state index contributed by atoms with van der Waals surface area (Å²) in [5.41, 5.74) is 5.92. The number of rotatable bonds is 7. The monoisotopic (exact) mass is 419 g/mol. The molecule has 0 spiro atoms. The van der Waals surface area contributed by atoms with Gasteiger partial charge in [0, 0.05) is 26.4 Å². The lowest BCUT2D eigenvalue weighted by Crippen LogP contribution is -2.48. The van der Waals surface area contributed by atoms with E-state index < -0.39 is 0 Å². The highest BCUT2D eigenvalue weighted by Gasteiger charge is 2.27. The number of benzene rings is 2. The normalized spacial score (nSPS) is 18.2. The summed E-state index contributed by atoms with van der Waals surface area (Å²) in [6.07, 6.45) is 2.02. The molecule has 2 aliphatic rings. The van der Waals surface area contributed by atoms with Crippen LogP contribution in [-0.2, 0) is 29.2 Å². The van der Waals surface area contributed by atoms with Crippen molar-refractivity contribution in [2.24, 2.45) is 0 Å². The van der Waals surface area contributed by atoms with Crippen LogP contribution in [0.2, 0.25) is 10.0 Å². The van der Waals surface area contributed by atoms with E-state index in [0.29, 0.717) is 36.4 Å². The molecule has 0 saturated heterocycles. The predicted molar refractivity (Wildman–Crippen MR) is 112 cm³/mol. The smallest absolute Gasteiger partial charge is 0.155 e. The van der Waals surface area contributed by atoms with E-state index in [4.69, 9.17) is 32.7 Å². The highest BCUT2D eigenvalue weighted by Crippen LogP contribution is 2.29. The Balaban J connectivity index is 1.48. The van der Waals surface area contributed by atoms with E-state index in [2.05, 4.69) is 39.9 Å². The fraction of sp³-hybridized carbons (Fsp3) is 0.333. The number of halogens is 2. The minimum Gasteiger partial charge on any atom is -0.383 e. The van der Waals surface area contributed by atoms with Gasteiger partial charge in [-0.05, 0) is 40.5 Å². The Bertz CT molecular complexity index is 888. The molecule has 2 aromatic rings. The Morgan fingerprint density at radius 1 is 1.14 bits per heavy atom. The highest BCUT2D eigenvalue weighted by molar-refractivity contribution is 6.42. The van der Waals surface area contributed by atoms with Gasteiger partial charge in [-0.3, -0.25) is 5.32 Å². The van der Waals surface area contributed by atoms with Gasteiger partial charge in [0.25, 0.3) is 0 Å². The van der Waals surface area contributed by atoms with Gasteiger partial charge in [0.2, 0.25) is 0 Å². The molecule has 0 fully saturated rings. The molecule has 2 aliphatic heterocycles. The Morgan fingerprint density at radius 3 is 2.82 bits per heavy atom. The Labute approximate surface area is 175 Å². The third kappa shape index (κ3) is 4.14. The molecule has 0 bridgehead atoms. The minimum atomic E-state index is -0.0379. The lowest BCUT2D eigenvalue weighted by atomic mass is 10.0. The van der Waals surface area contributed by atoms with E-state index in [1.807, 2.05) is 18.2 Å². The van der Waals surface area contributed by atoms with Crippen molar-refractivity contribution >= 4 is 28.9 Å². The number of hydrogen-bond donors (Lipinski definition) is 2. The summed E-state index contributed by atoms with van der Waals surface area (Å²) in [6.45, 7) is 3.45. The largest absolute Gasteiger partial charge is 0.383 e. The number of methoxy groups -OCH3 is 1. The van der Waals surface area contributed by atoms with Crippen LogP contribution in [0.25, 0.3) is 5.70 Å². The molecular formula is C21H23Cl2N3O2. The second-order valence-electron chi connectivity index (χ2n) is 6.89. The van der Waals surface area contributed by atoms with E-state index in [0.717, 1.165) is 17.8 Å². The van der Waals surface area contributed by atoms with Crippen molar-refractivity contribution in [2.45, 2.75) is 26.0 Å². The van der Waals surface area contributed by atoms with Crippen LogP contribution in [0.5, 0.6) is 0 Å². The van der Waals surface area contributed by atoms with Crippen LogP contribution in [0.4, 0.5) is 0 Å². The first-order valence-electron chi connectivity index (χ1n) is 9.25. The molecule has 0 saturated carbocycles. The molecule has 5 nitrogen and oxygen atoms in total. The highest BCUT2D eigenvalue weighted by atomic mass is 35.5. The molecule has 0 aliphatic carbocycles. The molecule has 2 N–H and O–H groups in total. The van der Waals surface area contributed by atoms with Gasteiger partial charge in [0.1, 0.15) is 0 Å². The van der Waals surface area contributed by atoms with E-state index >= 15 is 0 Å². The van der Waals surface area contributed by atoms with E-state index in [9.17, 15) is 0 Å². The number of nitrogens with one attached hydrogen (secondary N) is 2. The molecule has 0 radical (unpaired) electrons. The number of fused-ring (bicyclic) bond motifs is 1. The van der Waals surface area contributed by atoms with Crippen LogP contribution in [0.1, 0.15) is 22.3 Å². The summed E-state index contributed by atoms with van der Waals surface area (Å²) in [5, 5.41) is 8.10. The van der Waals surface area contributed by atoms with Crippen molar-refractivity contribution in [3.05, 3.63) is 74.9 Å². The molecule has 4 rings (SSSR count). The molecular weight excluding hydrogens is 397 g/mol. The van der Waals surface area contributed by atoms with E-state index in [-0.39, 0.29) is 6.29 Å². The van der Waals surface area contributed by atoms with Gasteiger partial charge in [-0.1, -0.05) is 41.4 Å². The summed E-state index contributed by atoms with van der Waals surface area (Å²) >= 11 is 12.1. The Hall–Kier alpha value is -1.76. The minimum absolute atomic E-state index is 0.0379. The van der Waals surface area contributed by atoms with Gasteiger partial charge in [-0.2, -0.15) is 0 Å². The predicted octanol–water partition coefficient (Wildman–Crippen LogP) is 3.95. The van der Waals surface area contributed by atoms with Crippen molar-refractivity contribution in [1.82, 2.24) is 15.5 Å². The maximum absolute atomic E-state index is 6.13. The van der Waals surface area contributed by atoms with E-state index in [1.54, 1.807) is 7.11 Å². The summed E-state index contributed by atoms with van der Waals surface area (Å²) in [4.78, 5) is 2.28. The van der Waals surface area contributed by atoms with Gasteiger partial charge in [0.05, 0.1) is 35.6 Å². The van der Waals surface area contributed by atoms with Crippen LogP contribution in [0.3, 0.4) is 0 Å². The van der Waals surface area contributed by atoms with Gasteiger partial charge in [-0.25, -0.2) is 0 Å². The third-order valence-electron chi connectivity index (χ3n) is 5.04. The van der Waals surface area contributed by atoms with Crippen molar-refractivity contribution < 1.29 is 9.47 Å². The molecule has 0 unspecified atom stereocenters. The number of nitrogens with zero attached hydrogens (tertiary/aromatic N) is 1. The quantitative estimate of drug-likeness (QED) is 0.711. The maximum Gasteiger partial charge on any atom is 0.155 e. The number of hydrogen-bond acceptors (Lipinski definition) is 5. The molecule has 28 heavy (non-hydrogen) atoms. The fourth-order valence-electron chi connectivity index (χ4n) is 3.52. The summed E-state index contributed by atoms with van der Waals surface area (Å²) < 4.78 is 10.9. The van der Waals surface area contributed by atoms with Crippen LogP contribution in [0, 0.1) is 0 Å². The third-order valence-corrected chi connectivity index (χ3v) is 5.78. The first-order chi connectivity index (χ1) is 13.7. The van der Waals surface area contributed by atoms with Gasteiger partial charge >= 0.3 is 0 Å². The maximum atomic E-state index is 6.13. The van der Waals surface area contributed by atoms with Crippen molar-refractivity contribution in [3.63, 3.8) is 0 Å². The first kappa shape index (κ1) is 19.6. The summed E-state index contributed by atoms with van der Waals surface area (Å²) in [6, 6.07) is 12.2.